The molecule has 0 bridgehead atoms. The molecular weight excluding hydrogens is 330 g/mol. The van der Waals surface area contributed by atoms with Gasteiger partial charge in [-0.15, -0.1) is 0 Å². The molecule has 0 unspecified atom stereocenters. The molecule has 2 amide bonds. The minimum atomic E-state index is -0.0894. The molecule has 1 saturated heterocycles. The number of nitrogens with one attached hydrogen (secondary N) is 1. The van der Waals surface area contributed by atoms with E-state index in [1.54, 1.807) is 0 Å². The maximum Gasteiger partial charge on any atom is 0.317 e. The number of para-hydroxylation sites is 2. The van der Waals surface area contributed by atoms with E-state index >= 15 is 0 Å². The lowest BCUT2D eigenvalue weighted by Crippen LogP contribution is -2.45. The van der Waals surface area contributed by atoms with Crippen LogP contribution in [0.4, 0.5) is 4.79 Å². The molecule has 6 nitrogen and oxygen atoms in total. The zero-order valence-corrected chi connectivity index (χ0v) is 15.7. The number of hydrogen-bond acceptors (Lipinski definition) is 4. The number of hydrogen-bond donors (Lipinski definition) is 2. The van der Waals surface area contributed by atoms with Gasteiger partial charge in [0.2, 0.25) is 0 Å². The average molecular weight is 359 g/mol. The van der Waals surface area contributed by atoms with E-state index < -0.39 is 0 Å². The zero-order valence-electron chi connectivity index (χ0n) is 15.7. The van der Waals surface area contributed by atoms with E-state index in [4.69, 9.17) is 4.42 Å². The summed E-state index contributed by atoms with van der Waals surface area (Å²) >= 11 is 0. The van der Waals surface area contributed by atoms with Crippen molar-refractivity contribution >= 4 is 17.1 Å². The third-order valence-corrected chi connectivity index (χ3v) is 5.10. The van der Waals surface area contributed by atoms with Gasteiger partial charge < -0.3 is 19.7 Å². The summed E-state index contributed by atoms with van der Waals surface area (Å²) in [5.41, 5.74) is 1.58. The Morgan fingerprint density at radius 3 is 3.00 bits per heavy atom. The Hall–Kier alpha value is -2.08. The van der Waals surface area contributed by atoms with E-state index in [9.17, 15) is 9.90 Å². The van der Waals surface area contributed by atoms with Gasteiger partial charge in [-0.3, -0.25) is 0 Å². The quantitative estimate of drug-likeness (QED) is 0.774. The summed E-state index contributed by atoms with van der Waals surface area (Å²) in [6, 6.07) is 7.74. The standard InChI is InChI=1S/C20H29N3O3/c1-20(2,14-24)10-6-11-21-19(25)23-12-5-7-15(13-23)18-22-16-8-3-4-9-17(16)26-18/h3-4,8-9,15,24H,5-7,10-14H2,1-2H3,(H,21,25)/t15-/m0/s1. The van der Waals surface area contributed by atoms with Crippen LogP contribution in [0.2, 0.25) is 0 Å². The number of piperidine rings is 1. The van der Waals surface area contributed by atoms with Crippen LogP contribution in [0.5, 0.6) is 0 Å². The normalized spacial score (nSPS) is 18.3. The number of carbonyl (C=O) groups excluding carboxylic acids is 1. The number of urea groups is 1. The molecule has 142 valence electrons. The minimum Gasteiger partial charge on any atom is -0.440 e. The molecule has 3 rings (SSSR count). The number of aliphatic hydroxyl groups is 1. The van der Waals surface area contributed by atoms with Crippen LogP contribution < -0.4 is 5.32 Å². The molecule has 6 heteroatoms. The van der Waals surface area contributed by atoms with E-state index in [-0.39, 0.29) is 24.0 Å². The van der Waals surface area contributed by atoms with Crippen LogP contribution in [-0.4, -0.2) is 47.3 Å². The maximum absolute atomic E-state index is 12.5. The van der Waals surface area contributed by atoms with Gasteiger partial charge in [-0.2, -0.15) is 0 Å². The molecule has 0 radical (unpaired) electrons. The summed E-state index contributed by atoms with van der Waals surface area (Å²) in [7, 11) is 0. The maximum atomic E-state index is 12.5. The Kier molecular flexibility index (Phi) is 5.81. The van der Waals surface area contributed by atoms with Gasteiger partial charge in [-0.1, -0.05) is 26.0 Å². The van der Waals surface area contributed by atoms with Crippen molar-refractivity contribution in [2.24, 2.45) is 5.41 Å². The molecule has 1 aliphatic heterocycles. The number of amides is 2. The first-order valence-electron chi connectivity index (χ1n) is 9.48. The van der Waals surface area contributed by atoms with Gasteiger partial charge in [0.15, 0.2) is 11.5 Å². The highest BCUT2D eigenvalue weighted by molar-refractivity contribution is 5.74. The first-order valence-corrected chi connectivity index (χ1v) is 9.48. The molecule has 2 aromatic rings. The molecule has 2 N–H and O–H groups in total. The first kappa shape index (κ1) is 18.7. The van der Waals surface area contributed by atoms with E-state index in [0.29, 0.717) is 13.1 Å². The number of nitrogens with zero attached hydrogens (tertiary/aromatic N) is 2. The Balaban J connectivity index is 1.52. The van der Waals surface area contributed by atoms with Crippen LogP contribution in [0.3, 0.4) is 0 Å². The minimum absolute atomic E-state index is 0.0207. The summed E-state index contributed by atoms with van der Waals surface area (Å²) in [5, 5.41) is 12.3. The van der Waals surface area contributed by atoms with Gasteiger partial charge >= 0.3 is 6.03 Å². The Bertz CT molecular complexity index is 708. The van der Waals surface area contributed by atoms with Crippen molar-refractivity contribution in [2.45, 2.75) is 45.4 Å². The molecule has 1 atom stereocenters. The molecule has 0 spiro atoms. The van der Waals surface area contributed by atoms with Crippen molar-refractivity contribution in [1.82, 2.24) is 15.2 Å². The summed E-state index contributed by atoms with van der Waals surface area (Å²) < 4.78 is 5.89. The molecule has 1 aromatic carbocycles. The third kappa shape index (κ3) is 4.55. The lowest BCUT2D eigenvalue weighted by atomic mass is 9.89. The number of carbonyl (C=O) groups is 1. The van der Waals surface area contributed by atoms with Gasteiger partial charge in [0.05, 0.1) is 5.92 Å². The molecule has 26 heavy (non-hydrogen) atoms. The lowest BCUT2D eigenvalue weighted by Gasteiger charge is -2.31. The Morgan fingerprint density at radius 1 is 1.42 bits per heavy atom. The van der Waals surface area contributed by atoms with Crippen molar-refractivity contribution < 1.29 is 14.3 Å². The van der Waals surface area contributed by atoms with Crippen molar-refractivity contribution in [1.29, 1.82) is 0 Å². The molecule has 0 aliphatic carbocycles. The Labute approximate surface area is 154 Å². The molecular formula is C20H29N3O3. The van der Waals surface area contributed by atoms with Gasteiger partial charge in [0.1, 0.15) is 5.52 Å². The van der Waals surface area contributed by atoms with Crippen LogP contribution in [-0.2, 0) is 0 Å². The van der Waals surface area contributed by atoms with Crippen molar-refractivity contribution in [2.75, 3.05) is 26.2 Å². The van der Waals surface area contributed by atoms with Gasteiger partial charge in [-0.25, -0.2) is 9.78 Å². The topological polar surface area (TPSA) is 78.6 Å². The number of aromatic nitrogens is 1. The molecule has 1 aromatic heterocycles. The second-order valence-corrected chi connectivity index (χ2v) is 7.96. The highest BCUT2D eigenvalue weighted by Gasteiger charge is 2.28. The second-order valence-electron chi connectivity index (χ2n) is 7.96. The fourth-order valence-electron chi connectivity index (χ4n) is 3.38. The number of rotatable bonds is 6. The summed E-state index contributed by atoms with van der Waals surface area (Å²) in [4.78, 5) is 18.9. The third-order valence-electron chi connectivity index (χ3n) is 5.10. The average Bonchev–Trinajstić information content (AvgIpc) is 3.09. The number of fused-ring (bicyclic) bond motifs is 1. The highest BCUT2D eigenvalue weighted by Crippen LogP contribution is 2.29. The van der Waals surface area contributed by atoms with Gasteiger partial charge in [0.25, 0.3) is 0 Å². The number of aliphatic hydroxyl groups excluding tert-OH is 1. The van der Waals surface area contributed by atoms with Crippen LogP contribution in [0.15, 0.2) is 28.7 Å². The van der Waals surface area contributed by atoms with Crippen molar-refractivity contribution in [3.05, 3.63) is 30.2 Å². The highest BCUT2D eigenvalue weighted by atomic mass is 16.3. The number of oxazole rings is 1. The first-order chi connectivity index (χ1) is 12.5. The monoisotopic (exact) mass is 359 g/mol. The zero-order chi connectivity index (χ0) is 18.6. The van der Waals surface area contributed by atoms with E-state index in [1.165, 1.54) is 0 Å². The smallest absolute Gasteiger partial charge is 0.317 e. The SMILES string of the molecule is CC(C)(CO)CCCNC(=O)N1CCC[C@H](c2nc3ccccc3o2)C1. The fourth-order valence-corrected chi connectivity index (χ4v) is 3.38. The van der Waals surface area contributed by atoms with Crippen molar-refractivity contribution in [3.8, 4) is 0 Å². The van der Waals surface area contributed by atoms with E-state index in [1.807, 2.05) is 43.0 Å². The van der Waals surface area contributed by atoms with E-state index in [2.05, 4.69) is 10.3 Å². The largest absolute Gasteiger partial charge is 0.440 e. The van der Waals surface area contributed by atoms with Crippen LogP contribution in [0.1, 0.15) is 51.3 Å². The predicted octanol–water partition coefficient (Wildman–Crippen LogP) is 3.52. The summed E-state index contributed by atoms with van der Waals surface area (Å²) in [5.74, 6) is 0.878. The van der Waals surface area contributed by atoms with Crippen LogP contribution >= 0.6 is 0 Å². The molecule has 2 heterocycles. The predicted molar refractivity (Wildman–Crippen MR) is 101 cm³/mol. The van der Waals surface area contributed by atoms with E-state index in [0.717, 1.165) is 49.2 Å². The second kappa shape index (κ2) is 8.08. The Morgan fingerprint density at radius 2 is 2.23 bits per heavy atom. The fraction of sp³-hybridized carbons (Fsp3) is 0.600. The summed E-state index contributed by atoms with van der Waals surface area (Å²) in [6.45, 7) is 6.27. The van der Waals surface area contributed by atoms with Gasteiger partial charge in [0, 0.05) is 26.2 Å². The number of benzene rings is 1. The summed E-state index contributed by atoms with van der Waals surface area (Å²) in [6.07, 6.45) is 3.69. The molecule has 1 fully saturated rings. The number of likely N-dealkylation sites (tertiary alicyclic amines) is 1. The molecule has 1 aliphatic rings. The lowest BCUT2D eigenvalue weighted by molar-refractivity contribution is 0.146. The molecule has 0 saturated carbocycles. The van der Waals surface area contributed by atoms with Crippen LogP contribution in [0.25, 0.3) is 11.1 Å². The van der Waals surface area contributed by atoms with Crippen molar-refractivity contribution in [3.63, 3.8) is 0 Å². The van der Waals surface area contributed by atoms with Gasteiger partial charge in [-0.05, 0) is 43.2 Å². The van der Waals surface area contributed by atoms with Crippen LogP contribution in [0, 0.1) is 5.41 Å².